The molecule has 1 amide bonds. The number of aromatic nitrogens is 2. The summed E-state index contributed by atoms with van der Waals surface area (Å²) >= 11 is 1.59. The second-order valence-electron chi connectivity index (χ2n) is 5.78. The third-order valence-electron chi connectivity index (χ3n) is 3.82. The Bertz CT molecular complexity index is 665. The summed E-state index contributed by atoms with van der Waals surface area (Å²) in [5, 5.41) is 13.0. The second kappa shape index (κ2) is 7.19. The zero-order valence-corrected chi connectivity index (χ0v) is 14.0. The van der Waals surface area contributed by atoms with E-state index in [0.29, 0.717) is 23.9 Å². The van der Waals surface area contributed by atoms with Crippen molar-refractivity contribution in [3.05, 3.63) is 47.8 Å². The summed E-state index contributed by atoms with van der Waals surface area (Å²) in [7, 11) is 1.88. The SMILES string of the molecule is Cn1cc(CN(C(=O)c2ccc(SCCO)cc2)C2CC2)cn1. The van der Waals surface area contributed by atoms with Crippen LogP contribution in [0.5, 0.6) is 0 Å². The standard InChI is InChI=1S/C17H21N3O2S/c1-19-11-13(10-18-19)12-20(15-4-5-15)17(22)14-2-6-16(7-3-14)23-9-8-21/h2-3,6-7,10-11,15,21H,4-5,8-9,12H2,1H3. The largest absolute Gasteiger partial charge is 0.396 e. The molecule has 0 bridgehead atoms. The average Bonchev–Trinajstić information content (AvgIpc) is 3.33. The first kappa shape index (κ1) is 16.1. The van der Waals surface area contributed by atoms with Crippen molar-refractivity contribution in [3.63, 3.8) is 0 Å². The minimum absolute atomic E-state index is 0.0788. The number of amides is 1. The molecule has 1 aliphatic rings. The fourth-order valence-corrected chi connectivity index (χ4v) is 3.18. The van der Waals surface area contributed by atoms with E-state index >= 15 is 0 Å². The summed E-state index contributed by atoms with van der Waals surface area (Å²) in [6, 6.07) is 8.00. The highest BCUT2D eigenvalue weighted by Crippen LogP contribution is 2.30. The van der Waals surface area contributed by atoms with E-state index in [1.165, 1.54) is 0 Å². The van der Waals surface area contributed by atoms with Crippen LogP contribution in [0.25, 0.3) is 0 Å². The van der Waals surface area contributed by atoms with Gasteiger partial charge in [0.25, 0.3) is 5.91 Å². The Morgan fingerprint density at radius 3 is 2.70 bits per heavy atom. The van der Waals surface area contributed by atoms with Gasteiger partial charge in [-0.05, 0) is 37.1 Å². The van der Waals surface area contributed by atoms with Gasteiger partial charge in [0.15, 0.2) is 0 Å². The molecule has 1 aromatic heterocycles. The molecule has 1 N–H and O–H groups in total. The van der Waals surface area contributed by atoms with Crippen molar-refractivity contribution in [2.75, 3.05) is 12.4 Å². The third-order valence-corrected chi connectivity index (χ3v) is 4.81. The van der Waals surface area contributed by atoms with Gasteiger partial charge in [0.05, 0.1) is 12.8 Å². The van der Waals surface area contributed by atoms with Crippen LogP contribution in [0.4, 0.5) is 0 Å². The Labute approximate surface area is 140 Å². The summed E-state index contributed by atoms with van der Waals surface area (Å²) in [5.74, 6) is 0.748. The Morgan fingerprint density at radius 1 is 1.39 bits per heavy atom. The van der Waals surface area contributed by atoms with E-state index in [2.05, 4.69) is 5.10 Å². The summed E-state index contributed by atoms with van der Waals surface area (Å²) in [5.41, 5.74) is 1.78. The Balaban J connectivity index is 1.70. The molecule has 5 nitrogen and oxygen atoms in total. The maximum Gasteiger partial charge on any atom is 0.254 e. The van der Waals surface area contributed by atoms with Crippen molar-refractivity contribution >= 4 is 17.7 Å². The summed E-state index contributed by atoms with van der Waals surface area (Å²) in [6.07, 6.45) is 5.93. The maximum atomic E-state index is 12.8. The molecule has 1 aromatic carbocycles. The van der Waals surface area contributed by atoms with Crippen LogP contribution in [0, 0.1) is 0 Å². The third kappa shape index (κ3) is 4.14. The van der Waals surface area contributed by atoms with Crippen molar-refractivity contribution in [1.29, 1.82) is 0 Å². The van der Waals surface area contributed by atoms with Crippen molar-refractivity contribution in [1.82, 2.24) is 14.7 Å². The van der Waals surface area contributed by atoms with E-state index in [-0.39, 0.29) is 12.5 Å². The molecule has 1 fully saturated rings. The highest BCUT2D eigenvalue weighted by Gasteiger charge is 2.33. The lowest BCUT2D eigenvalue weighted by molar-refractivity contribution is 0.0730. The molecule has 2 aromatic rings. The van der Waals surface area contributed by atoms with Gasteiger partial charge in [0, 0.05) is 47.6 Å². The molecular formula is C17H21N3O2S. The predicted molar refractivity (Wildman–Crippen MR) is 90.4 cm³/mol. The number of aliphatic hydroxyl groups is 1. The maximum absolute atomic E-state index is 12.8. The van der Waals surface area contributed by atoms with Gasteiger partial charge in [-0.1, -0.05) is 0 Å². The molecule has 0 spiro atoms. The first-order valence-electron chi connectivity index (χ1n) is 7.79. The molecule has 0 aliphatic heterocycles. The van der Waals surface area contributed by atoms with Gasteiger partial charge in [-0.2, -0.15) is 5.10 Å². The van der Waals surface area contributed by atoms with E-state index in [1.54, 1.807) is 16.4 Å². The number of nitrogens with zero attached hydrogens (tertiary/aromatic N) is 3. The first-order chi connectivity index (χ1) is 11.2. The predicted octanol–water partition coefficient (Wildman–Crippen LogP) is 2.31. The number of aryl methyl sites for hydroxylation is 1. The Kier molecular flexibility index (Phi) is 5.03. The van der Waals surface area contributed by atoms with Gasteiger partial charge in [-0.15, -0.1) is 11.8 Å². The highest BCUT2D eigenvalue weighted by atomic mass is 32.2. The quantitative estimate of drug-likeness (QED) is 0.791. The van der Waals surface area contributed by atoms with Gasteiger partial charge < -0.3 is 10.0 Å². The molecule has 1 saturated carbocycles. The number of carbonyl (C=O) groups is 1. The van der Waals surface area contributed by atoms with Gasteiger partial charge >= 0.3 is 0 Å². The molecule has 1 heterocycles. The zero-order chi connectivity index (χ0) is 16.2. The molecule has 0 atom stereocenters. The number of carbonyl (C=O) groups excluding carboxylic acids is 1. The van der Waals surface area contributed by atoms with Crippen molar-refractivity contribution < 1.29 is 9.90 Å². The van der Waals surface area contributed by atoms with E-state index in [1.807, 2.05) is 48.6 Å². The molecule has 6 heteroatoms. The minimum atomic E-state index is 0.0788. The van der Waals surface area contributed by atoms with E-state index in [0.717, 1.165) is 23.3 Å². The zero-order valence-electron chi connectivity index (χ0n) is 13.2. The van der Waals surface area contributed by atoms with E-state index < -0.39 is 0 Å². The van der Waals surface area contributed by atoms with Crippen molar-refractivity contribution in [2.24, 2.45) is 7.05 Å². The molecule has 0 saturated heterocycles. The second-order valence-corrected chi connectivity index (χ2v) is 6.95. The fourth-order valence-electron chi connectivity index (χ4n) is 2.53. The van der Waals surface area contributed by atoms with Crippen LogP contribution in [0.15, 0.2) is 41.6 Å². The van der Waals surface area contributed by atoms with Crippen molar-refractivity contribution in [3.8, 4) is 0 Å². The summed E-state index contributed by atoms with van der Waals surface area (Å²) in [6.45, 7) is 0.768. The lowest BCUT2D eigenvalue weighted by Gasteiger charge is -2.22. The number of thioether (sulfide) groups is 1. The normalized spacial score (nSPS) is 14.0. The molecule has 122 valence electrons. The summed E-state index contributed by atoms with van der Waals surface area (Å²) in [4.78, 5) is 15.8. The first-order valence-corrected chi connectivity index (χ1v) is 8.78. The average molecular weight is 331 g/mol. The van der Waals surface area contributed by atoms with Gasteiger partial charge in [0.2, 0.25) is 0 Å². The molecule has 0 unspecified atom stereocenters. The fraction of sp³-hybridized carbons (Fsp3) is 0.412. The molecule has 3 rings (SSSR count). The smallest absolute Gasteiger partial charge is 0.254 e. The number of benzene rings is 1. The van der Waals surface area contributed by atoms with Crippen LogP contribution < -0.4 is 0 Å². The van der Waals surface area contributed by atoms with E-state index in [4.69, 9.17) is 5.11 Å². The Morgan fingerprint density at radius 2 is 2.13 bits per heavy atom. The molecular weight excluding hydrogens is 310 g/mol. The number of hydrogen-bond acceptors (Lipinski definition) is 4. The Hall–Kier alpha value is -1.79. The van der Waals surface area contributed by atoms with Crippen LogP contribution in [0.2, 0.25) is 0 Å². The lowest BCUT2D eigenvalue weighted by atomic mass is 10.2. The molecule has 23 heavy (non-hydrogen) atoms. The lowest BCUT2D eigenvalue weighted by Crippen LogP contribution is -2.32. The van der Waals surface area contributed by atoms with Crippen LogP contribution in [-0.4, -0.2) is 44.1 Å². The molecule has 1 aliphatic carbocycles. The monoisotopic (exact) mass is 331 g/mol. The topological polar surface area (TPSA) is 58.4 Å². The number of rotatable bonds is 7. The number of aliphatic hydroxyl groups excluding tert-OH is 1. The van der Waals surface area contributed by atoms with Crippen LogP contribution in [0.1, 0.15) is 28.8 Å². The van der Waals surface area contributed by atoms with Crippen LogP contribution >= 0.6 is 11.8 Å². The van der Waals surface area contributed by atoms with Gasteiger partial charge in [-0.25, -0.2) is 0 Å². The molecule has 0 radical (unpaired) electrons. The minimum Gasteiger partial charge on any atom is -0.396 e. The highest BCUT2D eigenvalue weighted by molar-refractivity contribution is 7.99. The van der Waals surface area contributed by atoms with Crippen molar-refractivity contribution in [2.45, 2.75) is 30.3 Å². The van der Waals surface area contributed by atoms with Crippen LogP contribution in [0.3, 0.4) is 0 Å². The van der Waals surface area contributed by atoms with Gasteiger partial charge in [-0.3, -0.25) is 9.48 Å². The van der Waals surface area contributed by atoms with Crippen LogP contribution in [-0.2, 0) is 13.6 Å². The van der Waals surface area contributed by atoms with E-state index in [9.17, 15) is 4.79 Å². The van der Waals surface area contributed by atoms with Gasteiger partial charge in [0.1, 0.15) is 0 Å². The number of hydrogen-bond donors (Lipinski definition) is 1. The summed E-state index contributed by atoms with van der Waals surface area (Å²) < 4.78 is 1.76.